The maximum atomic E-state index is 11.6. The topological polar surface area (TPSA) is 55.6 Å². The molecule has 1 unspecified atom stereocenters. The van der Waals surface area contributed by atoms with Gasteiger partial charge in [0, 0.05) is 20.7 Å². The van der Waals surface area contributed by atoms with Crippen molar-refractivity contribution in [3.8, 4) is 0 Å². The molecule has 1 saturated carbocycles. The second-order valence-corrected chi connectivity index (χ2v) is 4.08. The number of carbonyl (C=O) groups is 1. The van der Waals surface area contributed by atoms with Gasteiger partial charge in [-0.05, 0) is 18.8 Å². The smallest absolute Gasteiger partial charge is 0.241 e. The molecule has 14 heavy (non-hydrogen) atoms. The van der Waals surface area contributed by atoms with Crippen molar-refractivity contribution in [3.63, 3.8) is 0 Å². The van der Waals surface area contributed by atoms with Crippen LogP contribution in [-0.2, 0) is 9.53 Å². The summed E-state index contributed by atoms with van der Waals surface area (Å²) in [5.74, 6) is 0.678. The molecule has 1 fully saturated rings. The minimum atomic E-state index is -0.509. The van der Waals surface area contributed by atoms with E-state index in [1.54, 1.807) is 12.0 Å². The normalized spacial score (nSPS) is 18.8. The highest BCUT2D eigenvalue weighted by Crippen LogP contribution is 2.26. The molecule has 0 spiro atoms. The summed E-state index contributed by atoms with van der Waals surface area (Å²) in [6, 6.07) is -0.509. The Morgan fingerprint density at radius 1 is 1.64 bits per heavy atom. The van der Waals surface area contributed by atoms with Crippen LogP contribution in [0.2, 0.25) is 0 Å². The summed E-state index contributed by atoms with van der Waals surface area (Å²) in [4.78, 5) is 13.4. The van der Waals surface area contributed by atoms with Gasteiger partial charge in [-0.25, -0.2) is 0 Å². The lowest BCUT2D eigenvalue weighted by Crippen LogP contribution is -2.46. The van der Waals surface area contributed by atoms with Crippen LogP contribution in [-0.4, -0.2) is 44.2 Å². The van der Waals surface area contributed by atoms with Crippen LogP contribution in [0.3, 0.4) is 0 Å². The van der Waals surface area contributed by atoms with Gasteiger partial charge >= 0.3 is 0 Å². The Kier molecular flexibility index (Phi) is 4.35. The van der Waals surface area contributed by atoms with E-state index < -0.39 is 6.04 Å². The van der Waals surface area contributed by atoms with E-state index in [4.69, 9.17) is 10.5 Å². The van der Waals surface area contributed by atoms with E-state index in [-0.39, 0.29) is 5.91 Å². The van der Waals surface area contributed by atoms with Crippen molar-refractivity contribution in [2.45, 2.75) is 25.3 Å². The van der Waals surface area contributed by atoms with Crippen molar-refractivity contribution in [2.75, 3.05) is 27.3 Å². The van der Waals surface area contributed by atoms with E-state index in [2.05, 4.69) is 0 Å². The number of nitrogens with zero attached hydrogens (tertiary/aromatic N) is 1. The second kappa shape index (κ2) is 5.32. The molecule has 0 aromatic heterocycles. The molecule has 0 bridgehead atoms. The van der Waals surface area contributed by atoms with E-state index >= 15 is 0 Å². The molecule has 0 aromatic carbocycles. The molecule has 82 valence electrons. The minimum Gasteiger partial charge on any atom is -0.383 e. The van der Waals surface area contributed by atoms with E-state index in [1.807, 2.05) is 7.05 Å². The van der Waals surface area contributed by atoms with E-state index in [0.717, 1.165) is 6.54 Å². The molecule has 0 aliphatic heterocycles. The number of likely N-dealkylation sites (N-methyl/N-ethyl adjacent to an activating group) is 1. The molecule has 1 rings (SSSR count). The van der Waals surface area contributed by atoms with Gasteiger partial charge in [0.15, 0.2) is 0 Å². The zero-order valence-corrected chi connectivity index (χ0v) is 9.03. The van der Waals surface area contributed by atoms with Crippen molar-refractivity contribution in [1.29, 1.82) is 0 Å². The van der Waals surface area contributed by atoms with Crippen molar-refractivity contribution in [2.24, 2.45) is 11.7 Å². The highest BCUT2D eigenvalue weighted by Gasteiger charge is 2.24. The number of carbonyl (C=O) groups excluding carboxylic acids is 1. The Morgan fingerprint density at radius 3 is 2.71 bits per heavy atom. The van der Waals surface area contributed by atoms with Crippen LogP contribution in [0.15, 0.2) is 0 Å². The summed E-state index contributed by atoms with van der Waals surface area (Å²) in [5, 5.41) is 0. The monoisotopic (exact) mass is 200 g/mol. The van der Waals surface area contributed by atoms with Gasteiger partial charge in [-0.3, -0.25) is 4.79 Å². The highest BCUT2D eigenvalue weighted by atomic mass is 16.5. The zero-order valence-electron chi connectivity index (χ0n) is 9.03. The average molecular weight is 200 g/mol. The molecular weight excluding hydrogens is 180 g/mol. The third-order valence-electron chi connectivity index (χ3n) is 2.80. The Hall–Kier alpha value is -0.610. The molecule has 1 amide bonds. The molecule has 2 N–H and O–H groups in total. The molecule has 1 aliphatic carbocycles. The molecular formula is C10H20N2O2. The molecule has 1 atom stereocenters. The number of ether oxygens (including phenoxy) is 1. The van der Waals surface area contributed by atoms with Gasteiger partial charge in [-0.1, -0.05) is 6.42 Å². The average Bonchev–Trinajstić information content (AvgIpc) is 2.10. The number of amides is 1. The van der Waals surface area contributed by atoms with Crippen molar-refractivity contribution >= 4 is 5.91 Å². The lowest BCUT2D eigenvalue weighted by atomic mass is 9.85. The van der Waals surface area contributed by atoms with Crippen LogP contribution in [0, 0.1) is 5.92 Å². The van der Waals surface area contributed by atoms with Gasteiger partial charge in [0.05, 0.1) is 6.61 Å². The number of hydrogen-bond donors (Lipinski definition) is 1. The Balaban J connectivity index is 2.26. The van der Waals surface area contributed by atoms with Crippen molar-refractivity contribution < 1.29 is 9.53 Å². The lowest BCUT2D eigenvalue weighted by Gasteiger charge is -2.31. The molecule has 4 heteroatoms. The number of hydrogen-bond acceptors (Lipinski definition) is 3. The number of methoxy groups -OCH3 is 1. The van der Waals surface area contributed by atoms with Crippen LogP contribution >= 0.6 is 0 Å². The van der Waals surface area contributed by atoms with E-state index in [1.165, 1.54) is 19.3 Å². The van der Waals surface area contributed by atoms with Crippen LogP contribution < -0.4 is 5.73 Å². The van der Waals surface area contributed by atoms with E-state index in [0.29, 0.717) is 12.5 Å². The first-order chi connectivity index (χ1) is 6.65. The van der Waals surface area contributed by atoms with Gasteiger partial charge in [0.2, 0.25) is 5.91 Å². The van der Waals surface area contributed by atoms with Crippen LogP contribution in [0.4, 0.5) is 0 Å². The van der Waals surface area contributed by atoms with Crippen molar-refractivity contribution in [1.82, 2.24) is 4.90 Å². The third-order valence-corrected chi connectivity index (χ3v) is 2.80. The van der Waals surface area contributed by atoms with Gasteiger partial charge in [0.1, 0.15) is 6.04 Å². The summed E-state index contributed by atoms with van der Waals surface area (Å²) >= 11 is 0. The fourth-order valence-corrected chi connectivity index (χ4v) is 1.69. The quantitative estimate of drug-likeness (QED) is 0.690. The van der Waals surface area contributed by atoms with E-state index in [9.17, 15) is 4.79 Å². The molecule has 0 heterocycles. The summed E-state index contributed by atoms with van der Waals surface area (Å²) in [5.41, 5.74) is 5.65. The first-order valence-corrected chi connectivity index (χ1v) is 5.14. The first kappa shape index (κ1) is 11.5. The van der Waals surface area contributed by atoms with Gasteiger partial charge in [0.25, 0.3) is 0 Å². The minimum absolute atomic E-state index is 0.0150. The molecule has 4 nitrogen and oxygen atoms in total. The zero-order chi connectivity index (χ0) is 10.6. The Morgan fingerprint density at radius 2 is 2.29 bits per heavy atom. The summed E-state index contributed by atoms with van der Waals surface area (Å²) in [6.07, 6.45) is 3.80. The van der Waals surface area contributed by atoms with Gasteiger partial charge in [-0.15, -0.1) is 0 Å². The molecule has 1 aliphatic rings. The summed E-state index contributed by atoms with van der Waals surface area (Å²) in [7, 11) is 3.37. The standard InChI is InChI=1S/C10H20N2O2/c1-12(6-8-4-3-5-8)10(13)9(11)7-14-2/h8-9H,3-7,11H2,1-2H3. The third kappa shape index (κ3) is 2.96. The molecule has 0 saturated heterocycles. The molecule has 0 radical (unpaired) electrons. The fourth-order valence-electron chi connectivity index (χ4n) is 1.69. The number of nitrogens with two attached hydrogens (primary N) is 1. The maximum absolute atomic E-state index is 11.6. The van der Waals surface area contributed by atoms with Gasteiger partial charge < -0.3 is 15.4 Å². The predicted molar refractivity (Wildman–Crippen MR) is 54.8 cm³/mol. The first-order valence-electron chi connectivity index (χ1n) is 5.14. The lowest BCUT2D eigenvalue weighted by molar-refractivity contribution is -0.133. The largest absolute Gasteiger partial charge is 0.383 e. The summed E-state index contributed by atoms with van der Waals surface area (Å²) < 4.78 is 4.85. The van der Waals surface area contributed by atoms with Crippen LogP contribution in [0.1, 0.15) is 19.3 Å². The Bertz CT molecular complexity index is 193. The Labute approximate surface area is 85.4 Å². The number of rotatable bonds is 5. The maximum Gasteiger partial charge on any atom is 0.241 e. The van der Waals surface area contributed by atoms with Gasteiger partial charge in [-0.2, -0.15) is 0 Å². The fraction of sp³-hybridized carbons (Fsp3) is 0.900. The SMILES string of the molecule is COCC(N)C(=O)N(C)CC1CCC1. The molecule has 0 aromatic rings. The summed E-state index contributed by atoms with van der Waals surface area (Å²) in [6.45, 7) is 1.14. The van der Waals surface area contributed by atoms with Crippen LogP contribution in [0.5, 0.6) is 0 Å². The predicted octanol–water partition coefficient (Wildman–Crippen LogP) is 0.219. The van der Waals surface area contributed by atoms with Crippen molar-refractivity contribution in [3.05, 3.63) is 0 Å². The second-order valence-electron chi connectivity index (χ2n) is 4.08. The van der Waals surface area contributed by atoms with Crippen LogP contribution in [0.25, 0.3) is 0 Å². The highest BCUT2D eigenvalue weighted by molar-refractivity contribution is 5.81.